The molecule has 0 saturated carbocycles. The zero-order valence-corrected chi connectivity index (χ0v) is 18.8. The van der Waals surface area contributed by atoms with Crippen molar-refractivity contribution in [2.75, 3.05) is 0 Å². The first kappa shape index (κ1) is 24.1. The van der Waals surface area contributed by atoms with Crippen LogP contribution in [-0.2, 0) is 28.2 Å². The van der Waals surface area contributed by atoms with Gasteiger partial charge in [0.25, 0.3) is 5.69 Å². The summed E-state index contributed by atoms with van der Waals surface area (Å²) in [6.07, 6.45) is 0.863. The minimum absolute atomic E-state index is 0.00949. The Morgan fingerprint density at radius 2 is 1.77 bits per heavy atom. The van der Waals surface area contributed by atoms with Crippen LogP contribution in [-0.4, -0.2) is 27.1 Å². The molecule has 180 valence electrons. The number of fused-ring (bicyclic) bond motifs is 1. The van der Waals surface area contributed by atoms with E-state index in [2.05, 4.69) is 5.32 Å². The highest BCUT2D eigenvalue weighted by Crippen LogP contribution is 2.35. The maximum Gasteiger partial charge on any atom is 0.270 e. The number of nitro benzene ring substituents is 1. The van der Waals surface area contributed by atoms with Gasteiger partial charge in [-0.15, -0.1) is 0 Å². The van der Waals surface area contributed by atoms with Gasteiger partial charge in [-0.05, 0) is 35.1 Å². The van der Waals surface area contributed by atoms with E-state index in [1.165, 1.54) is 12.1 Å². The topological polar surface area (TPSA) is 142 Å². The number of hydrogen-bond acceptors (Lipinski definition) is 6. The first-order valence-corrected chi connectivity index (χ1v) is 11.2. The molecule has 0 saturated heterocycles. The number of aliphatic hydroxyl groups is 1. The van der Waals surface area contributed by atoms with Crippen LogP contribution >= 0.6 is 0 Å². The van der Waals surface area contributed by atoms with Crippen LogP contribution in [0, 0.1) is 16.0 Å². The molecule has 0 aliphatic heterocycles. The smallest absolute Gasteiger partial charge is 0.270 e. The Labute approximate surface area is 201 Å². The molecule has 9 nitrogen and oxygen atoms in total. The third kappa shape index (κ3) is 5.37. The van der Waals surface area contributed by atoms with Crippen molar-refractivity contribution in [3.63, 3.8) is 0 Å². The molecule has 0 radical (unpaired) electrons. The van der Waals surface area contributed by atoms with E-state index in [-0.39, 0.29) is 18.5 Å². The first-order chi connectivity index (χ1) is 16.8. The Morgan fingerprint density at radius 1 is 1.03 bits per heavy atom. The lowest BCUT2D eigenvalue weighted by molar-refractivity contribution is -0.384. The van der Waals surface area contributed by atoms with Crippen molar-refractivity contribution < 1.29 is 24.8 Å². The summed E-state index contributed by atoms with van der Waals surface area (Å²) in [6.45, 7) is 0. The second-order valence-electron chi connectivity index (χ2n) is 8.65. The molecular formula is C26H25N3O6. The van der Waals surface area contributed by atoms with Crippen molar-refractivity contribution in [3.8, 4) is 11.1 Å². The number of nitro groups is 1. The summed E-state index contributed by atoms with van der Waals surface area (Å²) in [7, 11) is 0. The van der Waals surface area contributed by atoms with Gasteiger partial charge in [0.2, 0.25) is 11.8 Å². The van der Waals surface area contributed by atoms with Crippen molar-refractivity contribution in [2.24, 2.45) is 5.92 Å². The molecule has 3 aromatic carbocycles. The zero-order chi connectivity index (χ0) is 25.0. The van der Waals surface area contributed by atoms with Crippen LogP contribution in [0.15, 0.2) is 72.8 Å². The van der Waals surface area contributed by atoms with Crippen LogP contribution in [0.2, 0.25) is 0 Å². The van der Waals surface area contributed by atoms with E-state index in [0.717, 1.165) is 16.7 Å². The fourth-order valence-corrected chi connectivity index (χ4v) is 4.47. The molecule has 1 aliphatic carbocycles. The molecule has 0 fully saturated rings. The zero-order valence-electron chi connectivity index (χ0n) is 18.8. The SMILES string of the molecule is O=C(C[C@@H](Cc1ccc(-c2cccc([N+](=O)[O-])c2)cc1)C(=O)N[C@]1(O)CCc2ccccc21)NO. The summed E-state index contributed by atoms with van der Waals surface area (Å²) in [4.78, 5) is 35.7. The maximum absolute atomic E-state index is 13.2. The highest BCUT2D eigenvalue weighted by atomic mass is 16.6. The van der Waals surface area contributed by atoms with Gasteiger partial charge in [0.05, 0.1) is 10.8 Å². The predicted molar refractivity (Wildman–Crippen MR) is 127 cm³/mol. The van der Waals surface area contributed by atoms with Gasteiger partial charge in [-0.3, -0.25) is 24.9 Å². The van der Waals surface area contributed by atoms with Crippen LogP contribution < -0.4 is 10.8 Å². The number of hydrogen-bond donors (Lipinski definition) is 4. The molecule has 3 aromatic rings. The lowest BCUT2D eigenvalue weighted by Gasteiger charge is -2.28. The van der Waals surface area contributed by atoms with Crippen LogP contribution in [0.3, 0.4) is 0 Å². The van der Waals surface area contributed by atoms with E-state index in [0.29, 0.717) is 24.0 Å². The van der Waals surface area contributed by atoms with Gasteiger partial charge in [-0.25, -0.2) is 5.48 Å². The monoisotopic (exact) mass is 475 g/mol. The molecule has 9 heteroatoms. The quantitative estimate of drug-likeness (QED) is 0.171. The summed E-state index contributed by atoms with van der Waals surface area (Å²) in [5, 5.41) is 33.9. The summed E-state index contributed by atoms with van der Waals surface area (Å²) < 4.78 is 0. The second-order valence-corrected chi connectivity index (χ2v) is 8.65. The fraction of sp³-hybridized carbons (Fsp3) is 0.231. The summed E-state index contributed by atoms with van der Waals surface area (Å²) in [6, 6.07) is 20.8. The van der Waals surface area contributed by atoms with Crippen molar-refractivity contribution in [2.45, 2.75) is 31.4 Å². The van der Waals surface area contributed by atoms with Gasteiger partial charge in [0.1, 0.15) is 0 Å². The van der Waals surface area contributed by atoms with Gasteiger partial charge >= 0.3 is 0 Å². The number of hydroxylamine groups is 1. The Hall–Kier alpha value is -4.08. The summed E-state index contributed by atoms with van der Waals surface area (Å²) in [5.41, 5.74) is 3.83. The average molecular weight is 476 g/mol. The molecule has 35 heavy (non-hydrogen) atoms. The van der Waals surface area contributed by atoms with E-state index in [1.807, 2.05) is 12.1 Å². The van der Waals surface area contributed by atoms with Gasteiger partial charge in [-0.2, -0.15) is 0 Å². The third-order valence-corrected chi connectivity index (χ3v) is 6.30. The first-order valence-electron chi connectivity index (χ1n) is 11.2. The molecule has 4 rings (SSSR count). The van der Waals surface area contributed by atoms with Crippen molar-refractivity contribution >= 4 is 17.5 Å². The number of amides is 2. The molecule has 2 atom stereocenters. The Kier molecular flexibility index (Phi) is 6.90. The highest BCUT2D eigenvalue weighted by molar-refractivity contribution is 5.86. The lowest BCUT2D eigenvalue weighted by Crippen LogP contribution is -2.47. The number of carbonyl (C=O) groups is 2. The third-order valence-electron chi connectivity index (χ3n) is 6.30. The van der Waals surface area contributed by atoms with Gasteiger partial charge in [-0.1, -0.05) is 60.7 Å². The van der Waals surface area contributed by atoms with E-state index in [4.69, 9.17) is 5.21 Å². The van der Waals surface area contributed by atoms with Gasteiger partial charge in [0.15, 0.2) is 5.72 Å². The maximum atomic E-state index is 13.2. The van der Waals surface area contributed by atoms with E-state index >= 15 is 0 Å². The number of nitrogens with one attached hydrogen (secondary N) is 2. The number of non-ortho nitro benzene ring substituents is 1. The average Bonchev–Trinajstić information content (AvgIpc) is 3.20. The standard InChI is InChI=1S/C26H25N3O6/c30-24(28-33)16-21(25(31)27-26(32)13-12-19-4-1-2-7-23(19)26)14-17-8-10-18(11-9-17)20-5-3-6-22(15-20)29(34)35/h1-11,15,21,32-33H,12-14,16H2,(H,27,31)(H,28,30)/t21-,26+/m1/s1. The number of benzene rings is 3. The number of aryl methyl sites for hydroxylation is 1. The Morgan fingerprint density at radius 3 is 2.49 bits per heavy atom. The van der Waals surface area contributed by atoms with Crippen molar-refractivity contribution in [1.82, 2.24) is 10.8 Å². The number of carbonyl (C=O) groups excluding carboxylic acids is 2. The van der Waals surface area contributed by atoms with Crippen LogP contribution in [0.1, 0.15) is 29.5 Å². The Balaban J connectivity index is 1.52. The molecule has 4 N–H and O–H groups in total. The summed E-state index contributed by atoms with van der Waals surface area (Å²) in [5.74, 6) is -2.06. The largest absolute Gasteiger partial charge is 0.367 e. The molecule has 0 bridgehead atoms. The highest BCUT2D eigenvalue weighted by Gasteiger charge is 2.39. The summed E-state index contributed by atoms with van der Waals surface area (Å²) >= 11 is 0. The Bertz CT molecular complexity index is 1260. The van der Waals surface area contributed by atoms with Crippen LogP contribution in [0.25, 0.3) is 11.1 Å². The van der Waals surface area contributed by atoms with Crippen LogP contribution in [0.4, 0.5) is 5.69 Å². The predicted octanol–water partition coefficient (Wildman–Crippen LogP) is 3.22. The normalized spacial score (nSPS) is 17.3. The molecule has 0 aromatic heterocycles. The minimum Gasteiger partial charge on any atom is -0.367 e. The lowest BCUT2D eigenvalue weighted by atomic mass is 9.92. The molecule has 2 amide bonds. The van der Waals surface area contributed by atoms with Gasteiger partial charge < -0.3 is 10.4 Å². The molecule has 1 aliphatic rings. The number of rotatable bonds is 8. The van der Waals surface area contributed by atoms with Gasteiger partial charge in [0, 0.05) is 30.5 Å². The molecular weight excluding hydrogens is 450 g/mol. The van der Waals surface area contributed by atoms with Crippen molar-refractivity contribution in [3.05, 3.63) is 99.6 Å². The number of nitrogens with zero attached hydrogens (tertiary/aromatic N) is 1. The van der Waals surface area contributed by atoms with E-state index in [1.54, 1.807) is 54.0 Å². The molecule has 0 spiro atoms. The van der Waals surface area contributed by atoms with E-state index < -0.39 is 28.4 Å². The molecule has 0 heterocycles. The minimum atomic E-state index is -1.52. The van der Waals surface area contributed by atoms with Crippen LogP contribution in [0.5, 0.6) is 0 Å². The van der Waals surface area contributed by atoms with Crippen molar-refractivity contribution in [1.29, 1.82) is 0 Å². The molecule has 0 unspecified atom stereocenters. The fourth-order valence-electron chi connectivity index (χ4n) is 4.47. The second kappa shape index (κ2) is 10.0. The van der Waals surface area contributed by atoms with E-state index in [9.17, 15) is 24.8 Å².